The molecule has 11 aromatic carbocycles. The second kappa shape index (κ2) is 13.1. The van der Waals surface area contributed by atoms with Crippen molar-refractivity contribution < 1.29 is 0 Å². The first-order valence-electron chi connectivity index (χ1n) is 21.3. The highest BCUT2D eigenvalue weighted by Crippen LogP contribution is 2.54. The lowest BCUT2D eigenvalue weighted by Gasteiger charge is -2.26. The van der Waals surface area contributed by atoms with Crippen LogP contribution in [0.1, 0.15) is 0 Å². The Bertz CT molecular complexity index is 4050. The van der Waals surface area contributed by atoms with E-state index >= 15 is 0 Å². The van der Waals surface area contributed by atoms with Gasteiger partial charge >= 0.3 is 0 Å². The smallest absolute Gasteiger partial charge is 0.0434 e. The van der Waals surface area contributed by atoms with E-state index in [1.807, 2.05) is 22.7 Å². The fraction of sp³-hybridized carbons (Fsp3) is 0. The van der Waals surface area contributed by atoms with Crippen LogP contribution in [0, 0.1) is 0 Å². The summed E-state index contributed by atoms with van der Waals surface area (Å²) in [5.74, 6) is 0. The molecule has 0 aliphatic heterocycles. The standard InChI is InChI=1S/C60H34S2/c1-3-16-39-37(14-1)38-15-2-4-17-40(38)53-34-55-46-24-12-23-45(50-27-13-26-49-44-21-8-10-29-57(44)62-60(49)50)58(46)47-31-30-35(32-51(47)41-18-5-6-19-42(41)54(55)33-52(39)53)36-22-11-25-48-43-20-7-9-28-56(43)61-59(36)48/h1-34H. The second-order valence-corrected chi connectivity index (χ2v) is 18.7. The van der Waals surface area contributed by atoms with Gasteiger partial charge in [0.25, 0.3) is 0 Å². The maximum absolute atomic E-state index is 2.51. The molecule has 0 saturated carbocycles. The van der Waals surface area contributed by atoms with Crippen LogP contribution in [0.4, 0.5) is 0 Å². The predicted molar refractivity (Wildman–Crippen MR) is 271 cm³/mol. The Hall–Kier alpha value is -7.36. The Kier molecular flexibility index (Phi) is 7.24. The van der Waals surface area contributed by atoms with Crippen molar-refractivity contribution in [2.75, 3.05) is 0 Å². The minimum atomic E-state index is 1.23. The van der Waals surface area contributed by atoms with Gasteiger partial charge in [0.2, 0.25) is 0 Å². The molecule has 13 aromatic rings. The van der Waals surface area contributed by atoms with Gasteiger partial charge in [-0.05, 0) is 124 Å². The van der Waals surface area contributed by atoms with E-state index < -0.39 is 0 Å². The van der Waals surface area contributed by atoms with E-state index in [-0.39, 0.29) is 0 Å². The molecule has 0 amide bonds. The number of hydrogen-bond acceptors (Lipinski definition) is 2. The van der Waals surface area contributed by atoms with Crippen LogP contribution >= 0.6 is 22.7 Å². The van der Waals surface area contributed by atoms with Gasteiger partial charge in [0.1, 0.15) is 0 Å². The third-order valence-corrected chi connectivity index (χ3v) is 15.9. The monoisotopic (exact) mass is 818 g/mol. The van der Waals surface area contributed by atoms with Crippen molar-refractivity contribution >= 4 is 95.3 Å². The molecule has 0 spiro atoms. The summed E-state index contributed by atoms with van der Waals surface area (Å²) in [6.45, 7) is 0. The fourth-order valence-electron chi connectivity index (χ4n) is 10.7. The van der Waals surface area contributed by atoms with Crippen LogP contribution in [0.5, 0.6) is 0 Å². The van der Waals surface area contributed by atoms with Crippen LogP contribution in [-0.4, -0.2) is 0 Å². The van der Waals surface area contributed by atoms with Crippen LogP contribution in [0.15, 0.2) is 206 Å². The normalized spacial score (nSPS) is 12.2. The van der Waals surface area contributed by atoms with E-state index in [0.29, 0.717) is 0 Å². The Labute approximate surface area is 366 Å². The Balaban J connectivity index is 1.14. The number of hydrogen-bond donors (Lipinski definition) is 0. The molecule has 286 valence electrons. The molecular formula is C60H34S2. The molecule has 0 N–H and O–H groups in total. The molecule has 0 radical (unpaired) electrons. The predicted octanol–water partition coefficient (Wildman–Crippen LogP) is 18.2. The Morgan fingerprint density at radius 3 is 1.19 bits per heavy atom. The molecule has 1 aliphatic rings. The van der Waals surface area contributed by atoms with Crippen molar-refractivity contribution in [1.82, 2.24) is 0 Å². The number of rotatable bonds is 2. The third-order valence-electron chi connectivity index (χ3n) is 13.4. The Morgan fingerprint density at radius 1 is 0.210 bits per heavy atom. The minimum absolute atomic E-state index is 1.23. The van der Waals surface area contributed by atoms with Gasteiger partial charge < -0.3 is 0 Å². The van der Waals surface area contributed by atoms with Gasteiger partial charge in [-0.25, -0.2) is 0 Å². The Morgan fingerprint density at radius 2 is 0.597 bits per heavy atom. The van der Waals surface area contributed by atoms with E-state index in [1.165, 1.54) is 139 Å². The van der Waals surface area contributed by atoms with Crippen LogP contribution in [0.25, 0.3) is 139 Å². The molecule has 2 heteroatoms. The molecule has 2 aromatic heterocycles. The molecule has 1 aliphatic carbocycles. The fourth-order valence-corrected chi connectivity index (χ4v) is 13.2. The summed E-state index contributed by atoms with van der Waals surface area (Å²) in [6.07, 6.45) is 0. The van der Waals surface area contributed by atoms with Gasteiger partial charge in [-0.2, -0.15) is 0 Å². The van der Waals surface area contributed by atoms with Crippen molar-refractivity contribution in [3.8, 4) is 66.8 Å². The molecule has 0 fully saturated rings. The summed E-state index contributed by atoms with van der Waals surface area (Å²) in [4.78, 5) is 0. The quantitative estimate of drug-likeness (QED) is 0.152. The first-order chi connectivity index (χ1) is 30.8. The van der Waals surface area contributed by atoms with Gasteiger partial charge in [-0.3, -0.25) is 0 Å². The summed E-state index contributed by atoms with van der Waals surface area (Å²) < 4.78 is 5.31. The summed E-state index contributed by atoms with van der Waals surface area (Å²) in [5, 5.41) is 13.0. The van der Waals surface area contributed by atoms with Crippen molar-refractivity contribution in [2.24, 2.45) is 0 Å². The molecular weight excluding hydrogens is 785 g/mol. The zero-order valence-electron chi connectivity index (χ0n) is 33.4. The SMILES string of the molecule is c1ccc2c(c1)-c1cc3c4ccccc4c4ccccc4c3cc1-c1cccc(-c3cccc4c3sc3ccccc34)c1-c1ccc(-c3cccc4c3sc3ccccc34)cc1-2. The van der Waals surface area contributed by atoms with E-state index in [0.717, 1.165) is 0 Å². The maximum Gasteiger partial charge on any atom is 0.0434 e. The van der Waals surface area contributed by atoms with E-state index in [1.54, 1.807) is 0 Å². The highest BCUT2D eigenvalue weighted by atomic mass is 32.1. The molecule has 14 rings (SSSR count). The first-order valence-corrected chi connectivity index (χ1v) is 23.0. The number of fused-ring (bicyclic) bond motifs is 20. The van der Waals surface area contributed by atoms with Crippen LogP contribution in [-0.2, 0) is 0 Å². The highest BCUT2D eigenvalue weighted by molar-refractivity contribution is 7.26. The molecule has 0 saturated heterocycles. The average molecular weight is 819 g/mol. The largest absolute Gasteiger partial charge is 0.135 e. The van der Waals surface area contributed by atoms with Gasteiger partial charge in [-0.15, -0.1) is 22.7 Å². The number of benzene rings is 11. The minimum Gasteiger partial charge on any atom is -0.135 e. The third kappa shape index (κ3) is 4.82. The lowest BCUT2D eigenvalue weighted by atomic mass is 9.76. The first kappa shape index (κ1) is 34.4. The van der Waals surface area contributed by atoms with Crippen LogP contribution in [0.2, 0.25) is 0 Å². The zero-order chi connectivity index (χ0) is 40.5. The molecule has 0 bridgehead atoms. The lowest BCUT2D eigenvalue weighted by Crippen LogP contribution is -2.00. The zero-order valence-corrected chi connectivity index (χ0v) is 35.1. The molecule has 2 heterocycles. The number of thiophene rings is 2. The van der Waals surface area contributed by atoms with Gasteiger partial charge in [0, 0.05) is 45.9 Å². The van der Waals surface area contributed by atoms with Gasteiger partial charge in [0.05, 0.1) is 0 Å². The van der Waals surface area contributed by atoms with Gasteiger partial charge in [0.15, 0.2) is 0 Å². The summed E-state index contributed by atoms with van der Waals surface area (Å²) >= 11 is 3.81. The molecule has 0 atom stereocenters. The molecule has 0 unspecified atom stereocenters. The summed E-state index contributed by atoms with van der Waals surface area (Å²) in [7, 11) is 0. The maximum atomic E-state index is 2.51. The average Bonchev–Trinajstić information content (AvgIpc) is 3.92. The molecule has 62 heavy (non-hydrogen) atoms. The van der Waals surface area contributed by atoms with Crippen molar-refractivity contribution in [3.63, 3.8) is 0 Å². The summed E-state index contributed by atoms with van der Waals surface area (Å²) in [5.41, 5.74) is 15.1. The van der Waals surface area contributed by atoms with Crippen LogP contribution < -0.4 is 0 Å². The molecule has 0 nitrogen and oxygen atoms in total. The highest BCUT2D eigenvalue weighted by Gasteiger charge is 2.27. The topological polar surface area (TPSA) is 0 Å². The van der Waals surface area contributed by atoms with E-state index in [2.05, 4.69) is 206 Å². The van der Waals surface area contributed by atoms with Crippen molar-refractivity contribution in [1.29, 1.82) is 0 Å². The van der Waals surface area contributed by atoms with Crippen molar-refractivity contribution in [2.45, 2.75) is 0 Å². The lowest BCUT2D eigenvalue weighted by molar-refractivity contribution is 1.53. The van der Waals surface area contributed by atoms with E-state index in [9.17, 15) is 0 Å². The summed E-state index contributed by atoms with van der Waals surface area (Å²) in [6, 6.07) is 77.8. The van der Waals surface area contributed by atoms with Crippen molar-refractivity contribution in [3.05, 3.63) is 206 Å². The van der Waals surface area contributed by atoms with Crippen LogP contribution in [0.3, 0.4) is 0 Å². The van der Waals surface area contributed by atoms with E-state index in [4.69, 9.17) is 0 Å². The second-order valence-electron chi connectivity index (χ2n) is 16.6. The van der Waals surface area contributed by atoms with Gasteiger partial charge in [-0.1, -0.05) is 176 Å².